The van der Waals surface area contributed by atoms with Gasteiger partial charge in [0.2, 0.25) is 0 Å². The molecule has 0 aliphatic heterocycles. The van der Waals surface area contributed by atoms with E-state index >= 15 is 0 Å². The predicted octanol–water partition coefficient (Wildman–Crippen LogP) is 2.77. The van der Waals surface area contributed by atoms with Crippen molar-refractivity contribution in [2.75, 3.05) is 0 Å². The molecule has 18 heavy (non-hydrogen) atoms. The summed E-state index contributed by atoms with van der Waals surface area (Å²) in [6.07, 6.45) is 1.90. The van der Waals surface area contributed by atoms with E-state index in [1.165, 1.54) is 11.3 Å². The van der Waals surface area contributed by atoms with Gasteiger partial charge in [0.05, 0.1) is 11.4 Å². The Morgan fingerprint density at radius 2 is 1.89 bits per heavy atom. The van der Waals surface area contributed by atoms with Crippen LogP contribution >= 0.6 is 0 Å². The van der Waals surface area contributed by atoms with Gasteiger partial charge < -0.3 is 5.73 Å². The largest absolute Gasteiger partial charge is 0.327 e. The maximum absolute atomic E-state index is 6.05. The molecule has 2 N–H and O–H groups in total. The second kappa shape index (κ2) is 5.36. The molecule has 2 aromatic rings. The normalized spacial score (nSPS) is 12.7. The van der Waals surface area contributed by atoms with E-state index in [4.69, 9.17) is 5.73 Å². The van der Waals surface area contributed by atoms with E-state index in [1.807, 2.05) is 22.9 Å². The highest BCUT2D eigenvalue weighted by molar-refractivity contribution is 5.37. The standard InChI is InChI=1S/C15H21N3/c1-4-13(16)10-15-11(2)17-18(12(15)3)14-8-6-5-7-9-14/h5-9,13H,4,10,16H2,1-3H3. The Hall–Kier alpha value is -1.61. The molecule has 0 saturated carbocycles. The summed E-state index contributed by atoms with van der Waals surface area (Å²) >= 11 is 0. The number of rotatable bonds is 4. The van der Waals surface area contributed by atoms with E-state index in [0.717, 1.165) is 24.2 Å². The van der Waals surface area contributed by atoms with Gasteiger partial charge in [0.15, 0.2) is 0 Å². The van der Waals surface area contributed by atoms with Crippen LogP contribution in [0.5, 0.6) is 0 Å². The minimum atomic E-state index is 0.218. The summed E-state index contributed by atoms with van der Waals surface area (Å²) < 4.78 is 2.01. The van der Waals surface area contributed by atoms with Crippen LogP contribution < -0.4 is 5.73 Å². The first-order valence-corrected chi connectivity index (χ1v) is 6.49. The molecule has 3 heteroatoms. The zero-order valence-electron chi connectivity index (χ0n) is 11.4. The molecule has 0 saturated heterocycles. The van der Waals surface area contributed by atoms with Gasteiger partial charge in [-0.15, -0.1) is 0 Å². The Balaban J connectivity index is 2.38. The number of benzene rings is 1. The average molecular weight is 243 g/mol. The Bertz CT molecular complexity index is 514. The number of hydrogen-bond acceptors (Lipinski definition) is 2. The molecule has 3 nitrogen and oxygen atoms in total. The average Bonchev–Trinajstić information content (AvgIpc) is 2.67. The summed E-state index contributed by atoms with van der Waals surface area (Å²) in [5.74, 6) is 0. The molecule has 1 aromatic carbocycles. The van der Waals surface area contributed by atoms with Gasteiger partial charge in [-0.05, 0) is 44.4 Å². The summed E-state index contributed by atoms with van der Waals surface area (Å²) in [5, 5.41) is 4.63. The second-order valence-electron chi connectivity index (χ2n) is 4.77. The monoisotopic (exact) mass is 243 g/mol. The van der Waals surface area contributed by atoms with Crippen molar-refractivity contribution < 1.29 is 0 Å². The summed E-state index contributed by atoms with van der Waals surface area (Å²) in [5.41, 5.74) is 10.7. The number of nitrogens with zero attached hydrogens (tertiary/aromatic N) is 2. The molecule has 0 fully saturated rings. The lowest BCUT2D eigenvalue weighted by atomic mass is 10.0. The van der Waals surface area contributed by atoms with Crippen LogP contribution in [0.2, 0.25) is 0 Å². The fourth-order valence-corrected chi connectivity index (χ4v) is 2.20. The minimum Gasteiger partial charge on any atom is -0.327 e. The highest BCUT2D eigenvalue weighted by Crippen LogP contribution is 2.19. The van der Waals surface area contributed by atoms with Crippen molar-refractivity contribution in [1.29, 1.82) is 0 Å². The topological polar surface area (TPSA) is 43.8 Å². The van der Waals surface area contributed by atoms with Gasteiger partial charge in [-0.3, -0.25) is 0 Å². The number of aryl methyl sites for hydroxylation is 1. The van der Waals surface area contributed by atoms with Gasteiger partial charge in [-0.1, -0.05) is 25.1 Å². The molecular formula is C15H21N3. The van der Waals surface area contributed by atoms with Crippen LogP contribution in [-0.4, -0.2) is 15.8 Å². The molecule has 1 unspecified atom stereocenters. The quantitative estimate of drug-likeness (QED) is 0.897. The van der Waals surface area contributed by atoms with Crippen LogP contribution in [0.3, 0.4) is 0 Å². The Kier molecular flexibility index (Phi) is 3.82. The smallest absolute Gasteiger partial charge is 0.0648 e. The first-order valence-electron chi connectivity index (χ1n) is 6.49. The van der Waals surface area contributed by atoms with Crippen LogP contribution in [-0.2, 0) is 6.42 Å². The molecule has 0 bridgehead atoms. The molecule has 1 heterocycles. The highest BCUT2D eigenvalue weighted by atomic mass is 15.3. The van der Waals surface area contributed by atoms with Crippen LogP contribution in [0, 0.1) is 13.8 Å². The van der Waals surface area contributed by atoms with E-state index in [0.29, 0.717) is 0 Å². The van der Waals surface area contributed by atoms with E-state index < -0.39 is 0 Å². The van der Waals surface area contributed by atoms with Crippen molar-refractivity contribution >= 4 is 0 Å². The number of nitrogens with two attached hydrogens (primary N) is 1. The molecule has 1 aromatic heterocycles. The number of para-hydroxylation sites is 1. The third-order valence-corrected chi connectivity index (χ3v) is 3.43. The van der Waals surface area contributed by atoms with Gasteiger partial charge in [0.25, 0.3) is 0 Å². The zero-order chi connectivity index (χ0) is 13.1. The van der Waals surface area contributed by atoms with Crippen LogP contribution in [0.15, 0.2) is 30.3 Å². The molecule has 0 aliphatic rings. The Morgan fingerprint density at radius 1 is 1.22 bits per heavy atom. The zero-order valence-corrected chi connectivity index (χ0v) is 11.4. The summed E-state index contributed by atoms with van der Waals surface area (Å²) in [6.45, 7) is 6.30. The Labute approximate surface area is 109 Å². The molecule has 0 spiro atoms. The summed E-state index contributed by atoms with van der Waals surface area (Å²) in [4.78, 5) is 0. The van der Waals surface area contributed by atoms with Crippen molar-refractivity contribution in [3.05, 3.63) is 47.3 Å². The third kappa shape index (κ3) is 2.46. The first-order chi connectivity index (χ1) is 8.63. The number of hydrogen-bond donors (Lipinski definition) is 1. The van der Waals surface area contributed by atoms with Gasteiger partial charge in [0, 0.05) is 11.7 Å². The van der Waals surface area contributed by atoms with E-state index in [2.05, 4.69) is 38.0 Å². The van der Waals surface area contributed by atoms with Crippen molar-refractivity contribution in [1.82, 2.24) is 9.78 Å². The maximum Gasteiger partial charge on any atom is 0.0648 e. The SMILES string of the molecule is CCC(N)Cc1c(C)nn(-c2ccccc2)c1C. The summed E-state index contributed by atoms with van der Waals surface area (Å²) in [7, 11) is 0. The molecular weight excluding hydrogens is 222 g/mol. The minimum absolute atomic E-state index is 0.218. The van der Waals surface area contributed by atoms with Crippen molar-refractivity contribution in [2.24, 2.45) is 5.73 Å². The van der Waals surface area contributed by atoms with E-state index in [9.17, 15) is 0 Å². The van der Waals surface area contributed by atoms with Crippen LogP contribution in [0.4, 0.5) is 0 Å². The Morgan fingerprint density at radius 3 is 2.50 bits per heavy atom. The second-order valence-corrected chi connectivity index (χ2v) is 4.77. The lowest BCUT2D eigenvalue weighted by Gasteiger charge is -2.09. The van der Waals surface area contributed by atoms with Gasteiger partial charge in [-0.25, -0.2) is 4.68 Å². The first kappa shape index (κ1) is 12.8. The van der Waals surface area contributed by atoms with E-state index in [1.54, 1.807) is 0 Å². The fraction of sp³-hybridized carbons (Fsp3) is 0.400. The van der Waals surface area contributed by atoms with Crippen LogP contribution in [0.1, 0.15) is 30.3 Å². The molecule has 96 valence electrons. The van der Waals surface area contributed by atoms with E-state index in [-0.39, 0.29) is 6.04 Å². The van der Waals surface area contributed by atoms with Gasteiger partial charge in [0.1, 0.15) is 0 Å². The van der Waals surface area contributed by atoms with Gasteiger partial charge in [-0.2, -0.15) is 5.10 Å². The molecule has 0 radical (unpaired) electrons. The highest BCUT2D eigenvalue weighted by Gasteiger charge is 2.14. The van der Waals surface area contributed by atoms with Crippen molar-refractivity contribution in [2.45, 2.75) is 39.7 Å². The van der Waals surface area contributed by atoms with Gasteiger partial charge >= 0.3 is 0 Å². The molecule has 0 amide bonds. The fourth-order valence-electron chi connectivity index (χ4n) is 2.20. The lowest BCUT2D eigenvalue weighted by Crippen LogP contribution is -2.22. The number of aromatic nitrogens is 2. The van der Waals surface area contributed by atoms with Crippen molar-refractivity contribution in [3.63, 3.8) is 0 Å². The maximum atomic E-state index is 6.05. The molecule has 1 atom stereocenters. The lowest BCUT2D eigenvalue weighted by molar-refractivity contribution is 0.642. The predicted molar refractivity (Wildman–Crippen MR) is 75.0 cm³/mol. The molecule has 0 aliphatic carbocycles. The molecule has 2 rings (SSSR count). The summed E-state index contributed by atoms with van der Waals surface area (Å²) in [6, 6.07) is 10.4. The third-order valence-electron chi connectivity index (χ3n) is 3.43. The van der Waals surface area contributed by atoms with Crippen molar-refractivity contribution in [3.8, 4) is 5.69 Å². The van der Waals surface area contributed by atoms with Crippen LogP contribution in [0.25, 0.3) is 5.69 Å².